The van der Waals surface area contributed by atoms with Crippen LogP contribution in [-0.4, -0.2) is 28.0 Å². The maximum absolute atomic E-state index is 11.3. The van der Waals surface area contributed by atoms with Gasteiger partial charge in [-0.25, -0.2) is 0 Å². The Balaban J connectivity index is 2.26. The third-order valence-electron chi connectivity index (χ3n) is 3.67. The number of nitrogens with one attached hydrogen (secondary N) is 1. The Morgan fingerprint density at radius 1 is 1.40 bits per heavy atom. The van der Waals surface area contributed by atoms with Gasteiger partial charge in [0, 0.05) is 11.6 Å². The van der Waals surface area contributed by atoms with Crippen molar-refractivity contribution in [3.05, 3.63) is 33.9 Å². The molecule has 1 aliphatic carbocycles. The lowest BCUT2D eigenvalue weighted by Gasteiger charge is -2.29. The SMILES string of the molecule is CC(=O)c1ccc(N[C@@H]2CCCC[C@H]2O)c([N+](=O)[O-])c1. The fourth-order valence-corrected chi connectivity index (χ4v) is 2.50. The Labute approximate surface area is 117 Å². The maximum Gasteiger partial charge on any atom is 0.293 e. The summed E-state index contributed by atoms with van der Waals surface area (Å²) in [7, 11) is 0. The van der Waals surface area contributed by atoms with Crippen LogP contribution in [0.2, 0.25) is 0 Å². The highest BCUT2D eigenvalue weighted by atomic mass is 16.6. The zero-order valence-corrected chi connectivity index (χ0v) is 11.3. The normalized spacial score (nSPS) is 22.3. The van der Waals surface area contributed by atoms with Crippen molar-refractivity contribution in [3.8, 4) is 0 Å². The molecule has 1 aromatic rings. The Kier molecular flexibility index (Phi) is 4.34. The van der Waals surface area contributed by atoms with Crippen LogP contribution in [0, 0.1) is 10.1 Å². The molecule has 0 aliphatic heterocycles. The van der Waals surface area contributed by atoms with Gasteiger partial charge in [0.1, 0.15) is 5.69 Å². The fraction of sp³-hybridized carbons (Fsp3) is 0.500. The van der Waals surface area contributed by atoms with Crippen molar-refractivity contribution < 1.29 is 14.8 Å². The van der Waals surface area contributed by atoms with E-state index in [1.54, 1.807) is 6.07 Å². The third-order valence-corrected chi connectivity index (χ3v) is 3.67. The number of carbonyl (C=O) groups is 1. The van der Waals surface area contributed by atoms with Crippen LogP contribution in [0.5, 0.6) is 0 Å². The van der Waals surface area contributed by atoms with Crippen molar-refractivity contribution in [2.75, 3.05) is 5.32 Å². The molecule has 1 aliphatic rings. The predicted octanol–water partition coefficient (Wildman–Crippen LogP) is 2.51. The molecular weight excluding hydrogens is 260 g/mol. The predicted molar refractivity (Wildman–Crippen MR) is 75.0 cm³/mol. The van der Waals surface area contributed by atoms with E-state index in [-0.39, 0.29) is 17.5 Å². The highest BCUT2D eigenvalue weighted by Crippen LogP contribution is 2.29. The number of Topliss-reactive ketones (excluding diaryl/α,β-unsaturated/α-hetero) is 1. The Morgan fingerprint density at radius 3 is 2.70 bits per heavy atom. The molecular formula is C14H18N2O4. The molecule has 6 nitrogen and oxygen atoms in total. The van der Waals surface area contributed by atoms with E-state index in [0.717, 1.165) is 19.3 Å². The lowest BCUT2D eigenvalue weighted by molar-refractivity contribution is -0.384. The first kappa shape index (κ1) is 14.5. The molecule has 108 valence electrons. The van der Waals surface area contributed by atoms with Crippen LogP contribution in [0.4, 0.5) is 11.4 Å². The Hall–Kier alpha value is -1.95. The summed E-state index contributed by atoms with van der Waals surface area (Å²) in [6, 6.07) is 4.20. The van der Waals surface area contributed by atoms with Gasteiger partial charge in [0.05, 0.1) is 17.1 Å². The summed E-state index contributed by atoms with van der Waals surface area (Å²) in [5.41, 5.74) is 0.535. The lowest BCUT2D eigenvalue weighted by atomic mass is 9.92. The molecule has 0 bridgehead atoms. The van der Waals surface area contributed by atoms with Gasteiger partial charge < -0.3 is 10.4 Å². The van der Waals surface area contributed by atoms with E-state index in [0.29, 0.717) is 17.7 Å². The average molecular weight is 278 g/mol. The van der Waals surface area contributed by atoms with Gasteiger partial charge in [0.15, 0.2) is 5.78 Å². The number of ketones is 1. The minimum atomic E-state index is -0.510. The zero-order valence-electron chi connectivity index (χ0n) is 11.3. The highest BCUT2D eigenvalue weighted by Gasteiger charge is 2.25. The maximum atomic E-state index is 11.3. The van der Waals surface area contributed by atoms with Crippen LogP contribution in [-0.2, 0) is 0 Å². The van der Waals surface area contributed by atoms with Crippen molar-refractivity contribution in [2.24, 2.45) is 0 Å². The van der Waals surface area contributed by atoms with Crippen molar-refractivity contribution in [1.82, 2.24) is 0 Å². The summed E-state index contributed by atoms with van der Waals surface area (Å²) < 4.78 is 0. The molecule has 2 atom stereocenters. The second-order valence-corrected chi connectivity index (χ2v) is 5.15. The number of benzene rings is 1. The van der Waals surface area contributed by atoms with Crippen LogP contribution in [0.15, 0.2) is 18.2 Å². The number of aliphatic hydroxyl groups is 1. The third kappa shape index (κ3) is 3.14. The van der Waals surface area contributed by atoms with Gasteiger partial charge in [-0.1, -0.05) is 12.8 Å². The van der Waals surface area contributed by atoms with Crippen LogP contribution in [0.3, 0.4) is 0 Å². The van der Waals surface area contributed by atoms with E-state index in [4.69, 9.17) is 0 Å². The van der Waals surface area contributed by atoms with Crippen molar-refractivity contribution in [3.63, 3.8) is 0 Å². The monoisotopic (exact) mass is 278 g/mol. The second kappa shape index (κ2) is 6.00. The van der Waals surface area contributed by atoms with Gasteiger partial charge in [-0.2, -0.15) is 0 Å². The molecule has 1 aromatic carbocycles. The Morgan fingerprint density at radius 2 is 2.10 bits per heavy atom. The minimum absolute atomic E-state index is 0.129. The lowest BCUT2D eigenvalue weighted by Crippen LogP contribution is -2.36. The van der Waals surface area contributed by atoms with Crippen molar-refractivity contribution >= 4 is 17.2 Å². The molecule has 0 unspecified atom stereocenters. The number of nitro benzene ring substituents is 1. The molecule has 2 N–H and O–H groups in total. The second-order valence-electron chi connectivity index (χ2n) is 5.15. The van der Waals surface area contributed by atoms with E-state index in [9.17, 15) is 20.0 Å². The molecule has 0 radical (unpaired) electrons. The van der Waals surface area contributed by atoms with Gasteiger partial charge in [0.25, 0.3) is 5.69 Å². The summed E-state index contributed by atoms with van der Waals surface area (Å²) in [6.07, 6.45) is 2.97. The topological polar surface area (TPSA) is 92.5 Å². The first-order chi connectivity index (χ1) is 9.49. The summed E-state index contributed by atoms with van der Waals surface area (Å²) in [4.78, 5) is 21.9. The summed E-state index contributed by atoms with van der Waals surface area (Å²) in [5, 5.41) is 24.1. The standard InChI is InChI=1S/C14H18N2O4/c1-9(17)10-6-7-11(13(8-10)16(19)20)15-12-4-2-3-5-14(12)18/h6-8,12,14-15,18H,2-5H2,1H3/t12-,14-/m1/s1. The van der Waals surface area contributed by atoms with E-state index in [1.807, 2.05) is 0 Å². The number of carbonyl (C=O) groups excluding carboxylic acids is 1. The van der Waals surface area contributed by atoms with Gasteiger partial charge in [-0.3, -0.25) is 14.9 Å². The molecule has 0 saturated heterocycles. The van der Waals surface area contributed by atoms with E-state index < -0.39 is 11.0 Å². The smallest absolute Gasteiger partial charge is 0.293 e. The molecule has 20 heavy (non-hydrogen) atoms. The van der Waals surface area contributed by atoms with Gasteiger partial charge in [-0.15, -0.1) is 0 Å². The summed E-state index contributed by atoms with van der Waals surface area (Å²) >= 11 is 0. The van der Waals surface area contributed by atoms with Crippen LogP contribution < -0.4 is 5.32 Å². The van der Waals surface area contributed by atoms with Crippen LogP contribution >= 0.6 is 0 Å². The number of aliphatic hydroxyl groups excluding tert-OH is 1. The van der Waals surface area contributed by atoms with Crippen LogP contribution in [0.25, 0.3) is 0 Å². The first-order valence-corrected chi connectivity index (χ1v) is 6.73. The van der Waals surface area contributed by atoms with Gasteiger partial charge in [-0.05, 0) is 31.9 Å². The summed E-state index contributed by atoms with van der Waals surface area (Å²) in [6.45, 7) is 1.37. The zero-order chi connectivity index (χ0) is 14.7. The number of anilines is 1. The minimum Gasteiger partial charge on any atom is -0.391 e. The fourth-order valence-electron chi connectivity index (χ4n) is 2.50. The molecule has 0 aromatic heterocycles. The number of nitro groups is 1. The molecule has 0 amide bonds. The Bertz CT molecular complexity index is 530. The first-order valence-electron chi connectivity index (χ1n) is 6.73. The molecule has 6 heteroatoms. The molecule has 0 heterocycles. The van der Waals surface area contributed by atoms with Crippen LogP contribution in [0.1, 0.15) is 43.0 Å². The number of hydrogen-bond acceptors (Lipinski definition) is 5. The number of nitrogens with zero attached hydrogens (tertiary/aromatic N) is 1. The molecule has 1 saturated carbocycles. The van der Waals surface area contributed by atoms with Crippen molar-refractivity contribution in [2.45, 2.75) is 44.8 Å². The quantitative estimate of drug-likeness (QED) is 0.501. The van der Waals surface area contributed by atoms with E-state index in [1.165, 1.54) is 19.1 Å². The largest absolute Gasteiger partial charge is 0.391 e. The summed E-state index contributed by atoms with van der Waals surface area (Å²) in [5.74, 6) is -0.211. The average Bonchev–Trinajstić information content (AvgIpc) is 2.41. The molecule has 0 spiro atoms. The van der Waals surface area contributed by atoms with Gasteiger partial charge >= 0.3 is 0 Å². The van der Waals surface area contributed by atoms with Crippen molar-refractivity contribution in [1.29, 1.82) is 0 Å². The molecule has 1 fully saturated rings. The molecule has 2 rings (SSSR count). The highest BCUT2D eigenvalue weighted by molar-refractivity contribution is 5.95. The van der Waals surface area contributed by atoms with Gasteiger partial charge in [0.2, 0.25) is 0 Å². The number of hydrogen-bond donors (Lipinski definition) is 2. The van der Waals surface area contributed by atoms with E-state index in [2.05, 4.69) is 5.32 Å². The number of rotatable bonds is 4. The van der Waals surface area contributed by atoms with E-state index >= 15 is 0 Å².